The van der Waals surface area contributed by atoms with Gasteiger partial charge in [-0.05, 0) is 30.2 Å². The summed E-state index contributed by atoms with van der Waals surface area (Å²) in [5.41, 5.74) is 6.57. The third-order valence-electron chi connectivity index (χ3n) is 1.82. The van der Waals surface area contributed by atoms with E-state index < -0.39 is 0 Å². The third kappa shape index (κ3) is 1.90. The van der Waals surface area contributed by atoms with Gasteiger partial charge >= 0.3 is 0 Å². The highest BCUT2D eigenvalue weighted by atomic mass is 35.5. The Morgan fingerprint density at radius 1 is 1.58 bits per heavy atom. The maximum absolute atomic E-state index is 9.17. The zero-order valence-electron chi connectivity index (χ0n) is 6.92. The number of aromatic hydroxyl groups is 1. The van der Waals surface area contributed by atoms with E-state index in [4.69, 9.17) is 22.4 Å². The Bertz CT molecular complexity index is 275. The summed E-state index contributed by atoms with van der Waals surface area (Å²) in [5, 5.41) is 9.78. The fraction of sp³-hybridized carbons (Fsp3) is 0.333. The lowest BCUT2D eigenvalue weighted by Crippen LogP contribution is -2.08. The molecule has 1 aromatic rings. The van der Waals surface area contributed by atoms with Crippen LogP contribution in [0.5, 0.6) is 5.75 Å². The molecule has 0 aliphatic carbocycles. The van der Waals surface area contributed by atoms with Crippen LogP contribution < -0.4 is 5.73 Å². The first-order chi connectivity index (χ1) is 5.65. The SMILES string of the molecule is CC[C@@H](N)c1cc(O)ccc1Cl. The second-order valence-corrected chi connectivity index (χ2v) is 3.13. The molecule has 0 spiro atoms. The molecule has 0 amide bonds. The number of nitrogens with two attached hydrogens (primary N) is 1. The van der Waals surface area contributed by atoms with Gasteiger partial charge in [0.1, 0.15) is 5.75 Å². The summed E-state index contributed by atoms with van der Waals surface area (Å²) < 4.78 is 0. The lowest BCUT2D eigenvalue weighted by Gasteiger charge is -2.10. The van der Waals surface area contributed by atoms with Crippen LogP contribution in [-0.2, 0) is 0 Å². The van der Waals surface area contributed by atoms with Crippen LogP contribution in [0.4, 0.5) is 0 Å². The summed E-state index contributed by atoms with van der Waals surface area (Å²) in [6, 6.07) is 4.72. The average Bonchev–Trinajstić information content (AvgIpc) is 2.08. The van der Waals surface area contributed by atoms with Gasteiger partial charge in [-0.3, -0.25) is 0 Å². The van der Waals surface area contributed by atoms with Crippen LogP contribution in [0.2, 0.25) is 5.02 Å². The van der Waals surface area contributed by atoms with Gasteiger partial charge in [0.2, 0.25) is 0 Å². The van der Waals surface area contributed by atoms with E-state index in [1.807, 2.05) is 6.92 Å². The molecule has 0 aliphatic heterocycles. The molecule has 0 aromatic heterocycles. The van der Waals surface area contributed by atoms with E-state index in [1.165, 1.54) is 0 Å². The van der Waals surface area contributed by atoms with Crippen molar-refractivity contribution in [1.82, 2.24) is 0 Å². The average molecular weight is 186 g/mol. The van der Waals surface area contributed by atoms with Crippen molar-refractivity contribution >= 4 is 11.6 Å². The van der Waals surface area contributed by atoms with Gasteiger partial charge in [0.25, 0.3) is 0 Å². The van der Waals surface area contributed by atoms with E-state index >= 15 is 0 Å². The van der Waals surface area contributed by atoms with Crippen LogP contribution in [0.25, 0.3) is 0 Å². The largest absolute Gasteiger partial charge is 0.508 e. The highest BCUT2D eigenvalue weighted by Crippen LogP contribution is 2.26. The molecule has 0 saturated heterocycles. The molecule has 1 rings (SSSR count). The zero-order valence-corrected chi connectivity index (χ0v) is 7.67. The Morgan fingerprint density at radius 3 is 2.83 bits per heavy atom. The van der Waals surface area contributed by atoms with Crippen LogP contribution >= 0.6 is 11.6 Å². The predicted molar refractivity (Wildman–Crippen MR) is 50.3 cm³/mol. The Labute approximate surface area is 77.0 Å². The lowest BCUT2D eigenvalue weighted by molar-refractivity contribution is 0.473. The number of phenolic OH excluding ortho intramolecular Hbond substituents is 1. The Morgan fingerprint density at radius 2 is 2.25 bits per heavy atom. The van der Waals surface area contributed by atoms with Gasteiger partial charge < -0.3 is 10.8 Å². The van der Waals surface area contributed by atoms with Gasteiger partial charge in [0.05, 0.1) is 0 Å². The number of hydrogen-bond donors (Lipinski definition) is 2. The quantitative estimate of drug-likeness (QED) is 0.744. The summed E-state index contributed by atoms with van der Waals surface area (Å²) in [5.74, 6) is 0.207. The van der Waals surface area contributed by atoms with Gasteiger partial charge in [-0.2, -0.15) is 0 Å². The molecule has 1 aromatic carbocycles. The van der Waals surface area contributed by atoms with Crippen LogP contribution in [0.15, 0.2) is 18.2 Å². The number of rotatable bonds is 2. The van der Waals surface area contributed by atoms with Crippen molar-refractivity contribution in [3.8, 4) is 5.75 Å². The summed E-state index contributed by atoms with van der Waals surface area (Å²) in [7, 11) is 0. The number of benzene rings is 1. The first-order valence-electron chi connectivity index (χ1n) is 3.89. The van der Waals surface area contributed by atoms with E-state index in [-0.39, 0.29) is 11.8 Å². The van der Waals surface area contributed by atoms with Crippen molar-refractivity contribution in [1.29, 1.82) is 0 Å². The second kappa shape index (κ2) is 3.78. The number of hydrogen-bond acceptors (Lipinski definition) is 2. The van der Waals surface area contributed by atoms with E-state index in [9.17, 15) is 0 Å². The maximum Gasteiger partial charge on any atom is 0.116 e. The molecule has 0 heterocycles. The smallest absolute Gasteiger partial charge is 0.116 e. The van der Waals surface area contributed by atoms with Crippen molar-refractivity contribution in [3.63, 3.8) is 0 Å². The van der Waals surface area contributed by atoms with Crippen molar-refractivity contribution in [2.75, 3.05) is 0 Å². The molecular formula is C9H12ClNO. The molecule has 0 unspecified atom stereocenters. The highest BCUT2D eigenvalue weighted by Gasteiger charge is 2.08. The summed E-state index contributed by atoms with van der Waals surface area (Å²) in [4.78, 5) is 0. The van der Waals surface area contributed by atoms with Crippen LogP contribution in [-0.4, -0.2) is 5.11 Å². The van der Waals surface area contributed by atoms with Crippen molar-refractivity contribution in [2.24, 2.45) is 5.73 Å². The van der Waals surface area contributed by atoms with Crippen LogP contribution in [0.3, 0.4) is 0 Å². The second-order valence-electron chi connectivity index (χ2n) is 2.72. The monoisotopic (exact) mass is 185 g/mol. The van der Waals surface area contributed by atoms with E-state index in [0.29, 0.717) is 5.02 Å². The van der Waals surface area contributed by atoms with E-state index in [2.05, 4.69) is 0 Å². The summed E-state index contributed by atoms with van der Waals surface area (Å²) >= 11 is 5.88. The minimum atomic E-state index is -0.0930. The van der Waals surface area contributed by atoms with Crippen LogP contribution in [0.1, 0.15) is 24.9 Å². The summed E-state index contributed by atoms with van der Waals surface area (Å²) in [6.07, 6.45) is 0.809. The minimum absolute atomic E-state index is 0.0930. The fourth-order valence-electron chi connectivity index (χ4n) is 1.04. The lowest BCUT2D eigenvalue weighted by atomic mass is 10.1. The zero-order chi connectivity index (χ0) is 9.14. The highest BCUT2D eigenvalue weighted by molar-refractivity contribution is 6.31. The number of halogens is 1. The van der Waals surface area contributed by atoms with Gasteiger partial charge in [0, 0.05) is 11.1 Å². The maximum atomic E-state index is 9.17. The number of phenols is 1. The molecule has 0 fully saturated rings. The molecule has 3 heteroatoms. The van der Waals surface area contributed by atoms with Crippen molar-refractivity contribution < 1.29 is 5.11 Å². The van der Waals surface area contributed by atoms with Crippen LogP contribution in [0, 0.1) is 0 Å². The fourth-order valence-corrected chi connectivity index (χ4v) is 1.29. The molecule has 3 N–H and O–H groups in total. The minimum Gasteiger partial charge on any atom is -0.508 e. The molecule has 0 aliphatic rings. The third-order valence-corrected chi connectivity index (χ3v) is 2.16. The Kier molecular flexibility index (Phi) is 2.95. The first-order valence-corrected chi connectivity index (χ1v) is 4.27. The normalized spacial score (nSPS) is 12.9. The molecular weight excluding hydrogens is 174 g/mol. The molecule has 66 valence electrons. The first kappa shape index (κ1) is 9.36. The van der Waals surface area contributed by atoms with Gasteiger partial charge in [0.15, 0.2) is 0 Å². The molecule has 2 nitrogen and oxygen atoms in total. The topological polar surface area (TPSA) is 46.2 Å². The molecule has 1 atom stereocenters. The molecule has 0 radical (unpaired) electrons. The Balaban J connectivity index is 3.04. The van der Waals surface area contributed by atoms with Crippen molar-refractivity contribution in [3.05, 3.63) is 28.8 Å². The standard InChI is InChI=1S/C9H12ClNO/c1-2-9(11)7-5-6(12)3-4-8(7)10/h3-5,9,12H,2,11H2,1H3/t9-/m1/s1. The predicted octanol–water partition coefficient (Wildman–Crippen LogP) is 2.46. The summed E-state index contributed by atoms with van der Waals surface area (Å²) in [6.45, 7) is 1.98. The van der Waals surface area contributed by atoms with Gasteiger partial charge in [-0.1, -0.05) is 18.5 Å². The molecule has 0 bridgehead atoms. The van der Waals surface area contributed by atoms with Gasteiger partial charge in [-0.15, -0.1) is 0 Å². The molecule has 12 heavy (non-hydrogen) atoms. The van der Waals surface area contributed by atoms with E-state index in [0.717, 1.165) is 12.0 Å². The Hall–Kier alpha value is -0.730. The van der Waals surface area contributed by atoms with E-state index in [1.54, 1.807) is 18.2 Å². The van der Waals surface area contributed by atoms with Crippen molar-refractivity contribution in [2.45, 2.75) is 19.4 Å². The van der Waals surface area contributed by atoms with Gasteiger partial charge in [-0.25, -0.2) is 0 Å². The molecule has 0 saturated carbocycles.